The molecule has 0 aliphatic heterocycles. The highest BCUT2D eigenvalue weighted by Gasteiger charge is 2.30. The van der Waals surface area contributed by atoms with E-state index in [1.807, 2.05) is 6.07 Å². The van der Waals surface area contributed by atoms with Crippen LogP contribution in [0.25, 0.3) is 10.9 Å². The highest BCUT2D eigenvalue weighted by molar-refractivity contribution is 6.32. The molecule has 1 aromatic carbocycles. The Bertz CT molecular complexity index is 1090. The van der Waals surface area contributed by atoms with Gasteiger partial charge in [-0.15, -0.1) is 0 Å². The van der Waals surface area contributed by atoms with Crippen LogP contribution < -0.4 is 5.43 Å². The van der Waals surface area contributed by atoms with Crippen LogP contribution in [-0.4, -0.2) is 29.7 Å². The summed E-state index contributed by atoms with van der Waals surface area (Å²) in [5.41, 5.74) is -0.974. The molecular weight excluding hydrogens is 403 g/mol. The Kier molecular flexibility index (Phi) is 6.18. The van der Waals surface area contributed by atoms with E-state index in [-0.39, 0.29) is 52.7 Å². The number of pyridine rings is 1. The first-order chi connectivity index (χ1) is 13.9. The van der Waals surface area contributed by atoms with Gasteiger partial charge in [-0.25, -0.2) is 9.18 Å². The summed E-state index contributed by atoms with van der Waals surface area (Å²) in [6.07, 6.45) is 2.44. The first kappa shape index (κ1) is 20.8. The number of nitriles is 1. The molecule has 1 aliphatic carbocycles. The predicted octanol–water partition coefficient (Wildman–Crippen LogP) is 3.30. The largest absolute Gasteiger partial charge is 0.464 e. The van der Waals surface area contributed by atoms with E-state index in [2.05, 4.69) is 0 Å². The second-order valence-corrected chi connectivity index (χ2v) is 6.99. The fraction of sp³-hybridized carbons (Fsp3) is 0.400. The van der Waals surface area contributed by atoms with E-state index in [4.69, 9.17) is 26.3 Å². The number of fused-ring (bicyclic) bond motifs is 1. The Hall–Kier alpha value is -2.92. The van der Waals surface area contributed by atoms with Crippen LogP contribution in [0.1, 0.15) is 48.1 Å². The van der Waals surface area contributed by atoms with Crippen molar-refractivity contribution in [3.63, 3.8) is 0 Å². The van der Waals surface area contributed by atoms with E-state index in [1.54, 1.807) is 11.5 Å². The van der Waals surface area contributed by atoms with Crippen molar-refractivity contribution in [2.75, 3.05) is 13.2 Å². The summed E-state index contributed by atoms with van der Waals surface area (Å²) < 4.78 is 26.7. The number of hydrogen-bond acceptors (Lipinski definition) is 6. The molecule has 0 bridgehead atoms. The summed E-state index contributed by atoms with van der Waals surface area (Å²) >= 11 is 6.16. The van der Waals surface area contributed by atoms with Crippen molar-refractivity contribution in [2.24, 2.45) is 0 Å². The number of benzene rings is 1. The third kappa shape index (κ3) is 4.25. The van der Waals surface area contributed by atoms with E-state index in [1.165, 1.54) is 12.3 Å². The monoisotopic (exact) mass is 420 g/mol. The minimum atomic E-state index is -0.802. The molecule has 1 heterocycles. The van der Waals surface area contributed by atoms with Gasteiger partial charge in [0.25, 0.3) is 0 Å². The van der Waals surface area contributed by atoms with Crippen LogP contribution in [0.5, 0.6) is 0 Å². The third-order valence-electron chi connectivity index (χ3n) is 4.54. The van der Waals surface area contributed by atoms with Gasteiger partial charge in [-0.3, -0.25) is 9.59 Å². The van der Waals surface area contributed by atoms with Gasteiger partial charge in [0.1, 0.15) is 12.2 Å². The quantitative estimate of drug-likeness (QED) is 0.503. The number of hydrogen-bond donors (Lipinski definition) is 0. The van der Waals surface area contributed by atoms with Gasteiger partial charge in [0.05, 0.1) is 36.4 Å². The zero-order valence-corrected chi connectivity index (χ0v) is 16.4. The molecule has 0 N–H and O–H groups in total. The van der Waals surface area contributed by atoms with E-state index in [0.29, 0.717) is 0 Å². The maximum atomic E-state index is 15.4. The summed E-state index contributed by atoms with van der Waals surface area (Å²) in [6, 6.07) is 3.04. The molecule has 152 valence electrons. The highest BCUT2D eigenvalue weighted by Crippen LogP contribution is 2.39. The smallest absolute Gasteiger partial charge is 0.343 e. The number of carbonyl (C=O) groups is 2. The Morgan fingerprint density at radius 1 is 1.38 bits per heavy atom. The van der Waals surface area contributed by atoms with Crippen LogP contribution in [0.3, 0.4) is 0 Å². The zero-order valence-electron chi connectivity index (χ0n) is 15.7. The number of nitrogens with zero attached hydrogens (tertiary/aromatic N) is 2. The van der Waals surface area contributed by atoms with Gasteiger partial charge < -0.3 is 14.0 Å². The first-order valence-electron chi connectivity index (χ1n) is 9.14. The number of rotatable bonds is 7. The molecule has 7 nitrogen and oxygen atoms in total. The topological polar surface area (TPSA) is 98.4 Å². The minimum absolute atomic E-state index is 0.00484. The van der Waals surface area contributed by atoms with Gasteiger partial charge >= 0.3 is 11.9 Å². The summed E-state index contributed by atoms with van der Waals surface area (Å²) in [5, 5.41) is 8.33. The van der Waals surface area contributed by atoms with Crippen molar-refractivity contribution in [1.82, 2.24) is 4.57 Å². The SMILES string of the molecule is CCOC(=O)c1cn(C2CC2)c2c(F)c(CC(=O)OCCC#N)c(Cl)cc2c1=O. The standard InChI is InChI=1S/C20H18ClFN2O5/c1-2-28-20(27)14-10-24(11-4-5-11)18-13(19(14)26)8-15(21)12(17(18)22)9-16(25)29-7-3-6-23/h8,10-11H,2-5,7,9H2,1H3. The van der Waals surface area contributed by atoms with Crippen molar-refractivity contribution in [1.29, 1.82) is 5.26 Å². The molecule has 1 aromatic heterocycles. The second-order valence-electron chi connectivity index (χ2n) is 6.58. The molecule has 0 amide bonds. The lowest BCUT2D eigenvalue weighted by Gasteiger charge is -2.16. The predicted molar refractivity (Wildman–Crippen MR) is 102 cm³/mol. The molecule has 2 aromatic rings. The molecule has 0 atom stereocenters. The third-order valence-corrected chi connectivity index (χ3v) is 4.87. The lowest BCUT2D eigenvalue weighted by Crippen LogP contribution is -2.22. The summed E-state index contributed by atoms with van der Waals surface area (Å²) in [4.78, 5) is 36.9. The van der Waals surface area contributed by atoms with Crippen LogP contribution >= 0.6 is 11.6 Å². The van der Waals surface area contributed by atoms with E-state index < -0.39 is 29.6 Å². The molecule has 1 aliphatic rings. The molecule has 0 radical (unpaired) electrons. The van der Waals surface area contributed by atoms with Crippen LogP contribution in [0, 0.1) is 17.1 Å². The first-order valence-corrected chi connectivity index (χ1v) is 9.52. The van der Waals surface area contributed by atoms with Crippen LogP contribution in [0.4, 0.5) is 4.39 Å². The van der Waals surface area contributed by atoms with E-state index >= 15 is 4.39 Å². The lowest BCUT2D eigenvalue weighted by molar-refractivity contribution is -0.142. The zero-order chi connectivity index (χ0) is 21.1. The van der Waals surface area contributed by atoms with Crippen molar-refractivity contribution in [3.05, 3.63) is 44.5 Å². The maximum Gasteiger partial charge on any atom is 0.343 e. The van der Waals surface area contributed by atoms with Crippen molar-refractivity contribution < 1.29 is 23.5 Å². The van der Waals surface area contributed by atoms with Gasteiger partial charge in [0, 0.05) is 22.8 Å². The average molecular weight is 421 g/mol. The molecule has 0 spiro atoms. The normalized spacial score (nSPS) is 13.2. The fourth-order valence-electron chi connectivity index (χ4n) is 3.04. The van der Waals surface area contributed by atoms with Gasteiger partial charge in [-0.2, -0.15) is 5.26 Å². The summed E-state index contributed by atoms with van der Waals surface area (Å²) in [5.74, 6) is -2.32. The molecular formula is C20H18ClFN2O5. The average Bonchev–Trinajstić information content (AvgIpc) is 3.51. The molecule has 3 rings (SSSR count). The Labute approximate surface area is 170 Å². The maximum absolute atomic E-state index is 15.4. The number of aromatic nitrogens is 1. The summed E-state index contributed by atoms with van der Waals surface area (Å²) in [6.45, 7) is 1.62. The lowest BCUT2D eigenvalue weighted by atomic mass is 10.0. The minimum Gasteiger partial charge on any atom is -0.464 e. The van der Waals surface area contributed by atoms with Crippen LogP contribution in [0.2, 0.25) is 5.02 Å². The van der Waals surface area contributed by atoms with Crippen molar-refractivity contribution >= 4 is 34.4 Å². The highest BCUT2D eigenvalue weighted by atomic mass is 35.5. The fourth-order valence-corrected chi connectivity index (χ4v) is 3.30. The molecule has 0 unspecified atom stereocenters. The van der Waals surface area contributed by atoms with Crippen LogP contribution in [0.15, 0.2) is 17.1 Å². The number of ether oxygens (including phenoxy) is 2. The molecule has 29 heavy (non-hydrogen) atoms. The van der Waals surface area contributed by atoms with E-state index in [9.17, 15) is 14.4 Å². The Morgan fingerprint density at radius 2 is 2.10 bits per heavy atom. The Morgan fingerprint density at radius 3 is 2.72 bits per heavy atom. The Balaban J connectivity index is 2.12. The van der Waals surface area contributed by atoms with Gasteiger partial charge in [-0.05, 0) is 25.8 Å². The van der Waals surface area contributed by atoms with Gasteiger partial charge in [0.15, 0.2) is 5.82 Å². The van der Waals surface area contributed by atoms with Crippen molar-refractivity contribution in [2.45, 2.75) is 38.6 Å². The number of esters is 2. The van der Waals surface area contributed by atoms with Crippen molar-refractivity contribution in [3.8, 4) is 6.07 Å². The second kappa shape index (κ2) is 8.62. The number of carbonyl (C=O) groups excluding carboxylic acids is 2. The summed E-state index contributed by atoms with van der Waals surface area (Å²) in [7, 11) is 0. The molecule has 9 heteroatoms. The van der Waals surface area contributed by atoms with E-state index in [0.717, 1.165) is 12.8 Å². The molecule has 1 fully saturated rings. The van der Waals surface area contributed by atoms with Gasteiger partial charge in [0.2, 0.25) is 5.43 Å². The van der Waals surface area contributed by atoms with Gasteiger partial charge in [-0.1, -0.05) is 11.6 Å². The molecule has 1 saturated carbocycles. The van der Waals surface area contributed by atoms with Crippen LogP contribution in [-0.2, 0) is 20.7 Å². The number of halogens is 2. The molecule has 0 saturated heterocycles.